The summed E-state index contributed by atoms with van der Waals surface area (Å²) in [6, 6.07) is 0. The zero-order valence-corrected chi connectivity index (χ0v) is 39.7. The molecular formula is C55H92O6. The fraction of sp³-hybridized carbons (Fsp3) is 0.691. The molecule has 0 spiro atoms. The molecule has 0 radical (unpaired) electrons. The molecule has 0 rings (SSSR count). The summed E-state index contributed by atoms with van der Waals surface area (Å²) < 4.78 is 16.7. The molecule has 348 valence electrons. The number of ether oxygens (including phenoxy) is 3. The molecule has 6 nitrogen and oxygen atoms in total. The van der Waals surface area contributed by atoms with Gasteiger partial charge in [0.2, 0.25) is 0 Å². The van der Waals surface area contributed by atoms with E-state index >= 15 is 0 Å². The van der Waals surface area contributed by atoms with Crippen LogP contribution in [-0.4, -0.2) is 37.2 Å². The van der Waals surface area contributed by atoms with Crippen molar-refractivity contribution in [2.24, 2.45) is 0 Å². The SMILES string of the molecule is CC/C=C\C/C=C\C/C=C\C/C=C\C/C=C\CCCC(=O)OCC(COC(=O)CCCCCC/C=C\CCCC)OC(=O)CCCCCCC/C=C\CCCCCCCCC. The molecule has 0 fully saturated rings. The van der Waals surface area contributed by atoms with Crippen molar-refractivity contribution < 1.29 is 28.6 Å². The number of hydrogen-bond acceptors (Lipinski definition) is 6. The van der Waals surface area contributed by atoms with Crippen molar-refractivity contribution in [2.75, 3.05) is 13.2 Å². The molecule has 0 aromatic heterocycles. The molecule has 6 heteroatoms. The van der Waals surface area contributed by atoms with Crippen LogP contribution in [0.15, 0.2) is 85.1 Å². The molecular weight excluding hydrogens is 757 g/mol. The fourth-order valence-corrected chi connectivity index (χ4v) is 6.57. The number of esters is 3. The van der Waals surface area contributed by atoms with Crippen molar-refractivity contribution in [3.8, 4) is 0 Å². The Balaban J connectivity index is 4.48. The van der Waals surface area contributed by atoms with E-state index in [9.17, 15) is 14.4 Å². The van der Waals surface area contributed by atoms with Gasteiger partial charge in [-0.05, 0) is 103 Å². The van der Waals surface area contributed by atoms with Gasteiger partial charge in [0.15, 0.2) is 6.10 Å². The van der Waals surface area contributed by atoms with Crippen LogP contribution in [0.1, 0.15) is 226 Å². The van der Waals surface area contributed by atoms with E-state index in [-0.39, 0.29) is 37.5 Å². The third-order valence-corrected chi connectivity index (χ3v) is 10.4. The van der Waals surface area contributed by atoms with Crippen LogP contribution in [0.5, 0.6) is 0 Å². The maximum atomic E-state index is 12.8. The quantitative estimate of drug-likeness (QED) is 0.0263. The first-order chi connectivity index (χ1) is 30.0. The normalized spacial score (nSPS) is 12.8. The van der Waals surface area contributed by atoms with E-state index in [0.29, 0.717) is 19.3 Å². The minimum Gasteiger partial charge on any atom is -0.462 e. The molecule has 0 aliphatic carbocycles. The molecule has 0 N–H and O–H groups in total. The van der Waals surface area contributed by atoms with Crippen LogP contribution in [0.4, 0.5) is 0 Å². The Labute approximate surface area is 375 Å². The van der Waals surface area contributed by atoms with Crippen LogP contribution >= 0.6 is 0 Å². The highest BCUT2D eigenvalue weighted by Gasteiger charge is 2.19. The Morgan fingerprint density at radius 1 is 0.344 bits per heavy atom. The topological polar surface area (TPSA) is 78.9 Å². The maximum Gasteiger partial charge on any atom is 0.306 e. The summed E-state index contributed by atoms with van der Waals surface area (Å²) in [5.41, 5.74) is 0. The lowest BCUT2D eigenvalue weighted by Crippen LogP contribution is -2.30. The maximum absolute atomic E-state index is 12.8. The summed E-state index contributed by atoms with van der Waals surface area (Å²) in [7, 11) is 0. The Morgan fingerprint density at radius 3 is 1.13 bits per heavy atom. The molecule has 0 amide bonds. The minimum atomic E-state index is -0.807. The number of allylic oxidation sites excluding steroid dienone is 14. The predicted octanol–water partition coefficient (Wildman–Crippen LogP) is 16.4. The van der Waals surface area contributed by atoms with Gasteiger partial charge >= 0.3 is 17.9 Å². The first-order valence-corrected chi connectivity index (χ1v) is 25.1. The van der Waals surface area contributed by atoms with Crippen LogP contribution in [0.25, 0.3) is 0 Å². The Hall–Kier alpha value is -3.41. The van der Waals surface area contributed by atoms with Gasteiger partial charge in [-0.15, -0.1) is 0 Å². The van der Waals surface area contributed by atoms with Gasteiger partial charge < -0.3 is 14.2 Å². The number of unbranched alkanes of at least 4 members (excludes halogenated alkanes) is 19. The van der Waals surface area contributed by atoms with Crippen molar-refractivity contribution in [1.82, 2.24) is 0 Å². The summed E-state index contributed by atoms with van der Waals surface area (Å²) in [4.78, 5) is 37.9. The molecule has 61 heavy (non-hydrogen) atoms. The second-order valence-electron chi connectivity index (χ2n) is 16.3. The van der Waals surface area contributed by atoms with E-state index in [2.05, 4.69) is 106 Å². The predicted molar refractivity (Wildman–Crippen MR) is 261 cm³/mol. The third kappa shape index (κ3) is 47.5. The Kier molecular flexibility index (Phi) is 46.5. The molecule has 0 saturated carbocycles. The molecule has 1 atom stereocenters. The summed E-state index contributed by atoms with van der Waals surface area (Å²) >= 11 is 0. The van der Waals surface area contributed by atoms with E-state index in [1.807, 2.05) is 0 Å². The van der Waals surface area contributed by atoms with Gasteiger partial charge in [0.25, 0.3) is 0 Å². The first-order valence-electron chi connectivity index (χ1n) is 25.1. The number of carbonyl (C=O) groups is 3. The van der Waals surface area contributed by atoms with Gasteiger partial charge in [0.1, 0.15) is 13.2 Å². The monoisotopic (exact) mass is 849 g/mol. The standard InChI is InChI=1S/C55H92O6/c1-4-7-10-13-16-19-22-24-26-28-30-31-33-36-39-42-45-48-54(57)60-51-52(50-59-53(56)47-44-41-38-35-21-18-15-12-9-6-3)61-55(58)49-46-43-40-37-34-32-29-27-25-23-20-17-14-11-8-5-2/h7,10,15-16,18-19,24,26-27,29-31,36,39,52H,4-6,8-9,11-14,17,20-23,25,28,32-35,37-38,40-51H2,1-3H3/b10-7-,18-15-,19-16-,26-24-,29-27-,31-30-,39-36-. The van der Waals surface area contributed by atoms with Crippen molar-refractivity contribution in [2.45, 2.75) is 232 Å². The first kappa shape index (κ1) is 57.6. The molecule has 0 aliphatic heterocycles. The Morgan fingerprint density at radius 2 is 0.672 bits per heavy atom. The third-order valence-electron chi connectivity index (χ3n) is 10.4. The van der Waals surface area contributed by atoms with Crippen molar-refractivity contribution in [1.29, 1.82) is 0 Å². The van der Waals surface area contributed by atoms with E-state index in [0.717, 1.165) is 109 Å². The summed E-state index contributed by atoms with van der Waals surface area (Å²) in [6.45, 7) is 6.40. The van der Waals surface area contributed by atoms with Crippen LogP contribution in [0.3, 0.4) is 0 Å². The van der Waals surface area contributed by atoms with Crippen LogP contribution in [0.2, 0.25) is 0 Å². The van der Waals surface area contributed by atoms with E-state index in [1.54, 1.807) is 0 Å². The average Bonchev–Trinajstić information content (AvgIpc) is 3.26. The number of rotatable bonds is 44. The largest absolute Gasteiger partial charge is 0.462 e. The minimum absolute atomic E-state index is 0.104. The second kappa shape index (κ2) is 49.2. The summed E-state index contributed by atoms with van der Waals surface area (Å²) in [6.07, 6.45) is 62.9. The molecule has 0 bridgehead atoms. The van der Waals surface area contributed by atoms with Gasteiger partial charge in [-0.3, -0.25) is 14.4 Å². The van der Waals surface area contributed by atoms with Crippen molar-refractivity contribution in [3.63, 3.8) is 0 Å². The van der Waals surface area contributed by atoms with Gasteiger partial charge in [-0.25, -0.2) is 0 Å². The van der Waals surface area contributed by atoms with Crippen molar-refractivity contribution >= 4 is 17.9 Å². The van der Waals surface area contributed by atoms with Gasteiger partial charge in [0.05, 0.1) is 0 Å². The lowest BCUT2D eigenvalue weighted by molar-refractivity contribution is -0.167. The van der Waals surface area contributed by atoms with Crippen molar-refractivity contribution in [3.05, 3.63) is 85.1 Å². The second-order valence-corrected chi connectivity index (χ2v) is 16.3. The Bertz CT molecular complexity index is 1200. The molecule has 1 unspecified atom stereocenters. The smallest absolute Gasteiger partial charge is 0.306 e. The van der Waals surface area contributed by atoms with E-state index in [4.69, 9.17) is 14.2 Å². The van der Waals surface area contributed by atoms with Crippen LogP contribution < -0.4 is 0 Å². The lowest BCUT2D eigenvalue weighted by atomic mass is 10.1. The molecule has 0 aromatic rings. The van der Waals surface area contributed by atoms with Gasteiger partial charge in [0, 0.05) is 19.3 Å². The zero-order chi connectivity index (χ0) is 44.4. The zero-order valence-electron chi connectivity index (χ0n) is 39.7. The average molecular weight is 849 g/mol. The highest BCUT2D eigenvalue weighted by molar-refractivity contribution is 5.71. The van der Waals surface area contributed by atoms with Gasteiger partial charge in [-0.1, -0.05) is 189 Å². The summed E-state index contributed by atoms with van der Waals surface area (Å²) in [5, 5.41) is 0. The molecule has 0 aliphatic rings. The highest BCUT2D eigenvalue weighted by atomic mass is 16.6. The lowest BCUT2D eigenvalue weighted by Gasteiger charge is -2.18. The molecule has 0 aromatic carbocycles. The number of hydrogen-bond donors (Lipinski definition) is 0. The van der Waals surface area contributed by atoms with E-state index in [1.165, 1.54) is 70.6 Å². The number of carbonyl (C=O) groups excluding carboxylic acids is 3. The fourth-order valence-electron chi connectivity index (χ4n) is 6.57. The highest BCUT2D eigenvalue weighted by Crippen LogP contribution is 2.13. The molecule has 0 heterocycles. The van der Waals surface area contributed by atoms with Crippen LogP contribution in [0, 0.1) is 0 Å². The summed E-state index contributed by atoms with van der Waals surface area (Å²) in [5.74, 6) is -0.989. The molecule has 0 saturated heterocycles. The van der Waals surface area contributed by atoms with E-state index < -0.39 is 6.10 Å². The van der Waals surface area contributed by atoms with Crippen LogP contribution in [-0.2, 0) is 28.6 Å². The van der Waals surface area contributed by atoms with Gasteiger partial charge in [-0.2, -0.15) is 0 Å².